The minimum atomic E-state index is -0.0709. The van der Waals surface area contributed by atoms with Crippen LogP contribution in [0.15, 0.2) is 66.7 Å². The van der Waals surface area contributed by atoms with E-state index in [9.17, 15) is 4.79 Å². The van der Waals surface area contributed by atoms with Crippen LogP contribution in [0.3, 0.4) is 0 Å². The van der Waals surface area contributed by atoms with E-state index in [-0.39, 0.29) is 11.9 Å². The standard InChI is InChI=1S/C23H23NO/c1-3-22(24-23(25)16-18-8-6-7-17(2)13-18)15-19-11-12-20-9-4-5-10-21(20)14-19/h4-15,22H,1,3,16H2,2H3,(H,24,25)/t22-/m1/s1. The highest BCUT2D eigenvalue weighted by atomic mass is 16.1. The van der Waals surface area contributed by atoms with Crippen LogP contribution in [-0.4, -0.2) is 11.9 Å². The van der Waals surface area contributed by atoms with Gasteiger partial charge in [0.05, 0.1) is 6.42 Å². The molecule has 126 valence electrons. The van der Waals surface area contributed by atoms with Crippen LogP contribution in [-0.2, 0) is 11.2 Å². The van der Waals surface area contributed by atoms with Crippen molar-refractivity contribution < 1.29 is 4.79 Å². The average molecular weight is 329 g/mol. The smallest absolute Gasteiger partial charge is 0.224 e. The summed E-state index contributed by atoms with van der Waals surface area (Å²) >= 11 is 0. The van der Waals surface area contributed by atoms with Gasteiger partial charge >= 0.3 is 0 Å². The first-order valence-electron chi connectivity index (χ1n) is 8.62. The molecule has 0 aliphatic rings. The first kappa shape index (κ1) is 17.2. The van der Waals surface area contributed by atoms with Gasteiger partial charge in [0.15, 0.2) is 0 Å². The number of hydrogen-bond donors (Lipinski definition) is 1. The van der Waals surface area contributed by atoms with Gasteiger partial charge in [-0.2, -0.15) is 0 Å². The van der Waals surface area contributed by atoms with Gasteiger partial charge in [-0.1, -0.05) is 79.2 Å². The van der Waals surface area contributed by atoms with Crippen molar-refractivity contribution in [1.82, 2.24) is 5.32 Å². The summed E-state index contributed by atoms with van der Waals surface area (Å²) in [5.74, 6) is 0.0243. The fraction of sp³-hybridized carbons (Fsp3) is 0.174. The normalized spacial score (nSPS) is 12.1. The number of aryl methyl sites for hydroxylation is 1. The summed E-state index contributed by atoms with van der Waals surface area (Å²) in [6.45, 7) is 6.01. The van der Waals surface area contributed by atoms with Gasteiger partial charge in [-0.3, -0.25) is 4.79 Å². The lowest BCUT2D eigenvalue weighted by atomic mass is 10.00. The van der Waals surface area contributed by atoms with Gasteiger partial charge in [0, 0.05) is 12.5 Å². The van der Waals surface area contributed by atoms with E-state index in [0.717, 1.165) is 11.1 Å². The fourth-order valence-electron chi connectivity index (χ4n) is 3.01. The Hall–Kier alpha value is -2.61. The van der Waals surface area contributed by atoms with Crippen LogP contribution in [0.4, 0.5) is 0 Å². The Labute approximate surface area is 149 Å². The number of fused-ring (bicyclic) bond motifs is 1. The minimum Gasteiger partial charge on any atom is -0.352 e. The largest absolute Gasteiger partial charge is 0.352 e. The third-order valence-electron chi connectivity index (χ3n) is 4.27. The molecule has 3 aromatic carbocycles. The van der Waals surface area contributed by atoms with E-state index in [0.29, 0.717) is 12.8 Å². The molecule has 0 bridgehead atoms. The van der Waals surface area contributed by atoms with Gasteiger partial charge in [0.2, 0.25) is 5.91 Å². The molecule has 0 unspecified atom stereocenters. The molecule has 0 aliphatic carbocycles. The second-order valence-electron chi connectivity index (χ2n) is 6.40. The van der Waals surface area contributed by atoms with Crippen molar-refractivity contribution in [1.29, 1.82) is 0 Å². The maximum Gasteiger partial charge on any atom is 0.224 e. The summed E-state index contributed by atoms with van der Waals surface area (Å²) in [7, 11) is 0. The Balaban J connectivity index is 1.64. The van der Waals surface area contributed by atoms with Crippen molar-refractivity contribution in [3.05, 3.63) is 96.8 Å². The zero-order valence-electron chi connectivity index (χ0n) is 14.5. The first-order valence-corrected chi connectivity index (χ1v) is 8.62. The van der Waals surface area contributed by atoms with Gasteiger partial charge in [0.1, 0.15) is 0 Å². The van der Waals surface area contributed by atoms with Crippen molar-refractivity contribution in [2.45, 2.75) is 25.8 Å². The molecule has 0 heterocycles. The van der Waals surface area contributed by atoms with Gasteiger partial charge in [-0.15, -0.1) is 0 Å². The quantitative estimate of drug-likeness (QED) is 0.700. The van der Waals surface area contributed by atoms with E-state index in [4.69, 9.17) is 0 Å². The lowest BCUT2D eigenvalue weighted by Gasteiger charge is -2.17. The Morgan fingerprint density at radius 2 is 1.84 bits per heavy atom. The van der Waals surface area contributed by atoms with Gasteiger partial charge in [0.25, 0.3) is 0 Å². The summed E-state index contributed by atoms with van der Waals surface area (Å²) in [5.41, 5.74) is 3.30. The molecule has 2 nitrogen and oxygen atoms in total. The van der Waals surface area contributed by atoms with E-state index < -0.39 is 0 Å². The molecule has 2 radical (unpaired) electrons. The van der Waals surface area contributed by atoms with Crippen LogP contribution in [0.2, 0.25) is 0 Å². The molecule has 0 aliphatic heterocycles. The van der Waals surface area contributed by atoms with E-state index in [1.807, 2.05) is 43.3 Å². The van der Waals surface area contributed by atoms with Crippen LogP contribution in [0.1, 0.15) is 23.1 Å². The summed E-state index contributed by atoms with van der Waals surface area (Å²) in [5, 5.41) is 5.49. The summed E-state index contributed by atoms with van der Waals surface area (Å²) in [6.07, 6.45) is 3.09. The molecule has 0 spiro atoms. The Morgan fingerprint density at radius 3 is 2.60 bits per heavy atom. The van der Waals surface area contributed by atoms with Crippen molar-refractivity contribution in [3.8, 4) is 0 Å². The van der Waals surface area contributed by atoms with Crippen molar-refractivity contribution >= 4 is 16.7 Å². The summed E-state index contributed by atoms with van der Waals surface area (Å²) in [6, 6.07) is 22.6. The lowest BCUT2D eigenvalue weighted by Crippen LogP contribution is -2.36. The first-order chi connectivity index (χ1) is 12.1. The van der Waals surface area contributed by atoms with Crippen LogP contribution in [0.25, 0.3) is 10.8 Å². The topological polar surface area (TPSA) is 29.1 Å². The zero-order valence-corrected chi connectivity index (χ0v) is 14.5. The molecule has 1 atom stereocenters. The second-order valence-corrected chi connectivity index (χ2v) is 6.40. The molecule has 0 saturated carbocycles. The lowest BCUT2D eigenvalue weighted by molar-refractivity contribution is -0.120. The molecule has 0 aromatic heterocycles. The SMILES string of the molecule is [CH2]C[C@H]([CH]c1ccc2ccccc2c1)NC(=O)Cc1cccc(C)c1. The predicted molar refractivity (Wildman–Crippen MR) is 104 cm³/mol. The molecule has 3 rings (SSSR count). The number of amides is 1. The van der Waals surface area contributed by atoms with Gasteiger partial charge in [-0.05, 0) is 35.2 Å². The van der Waals surface area contributed by atoms with E-state index in [1.54, 1.807) is 0 Å². The minimum absolute atomic E-state index is 0.0243. The van der Waals surface area contributed by atoms with E-state index >= 15 is 0 Å². The number of rotatable bonds is 6. The maximum atomic E-state index is 12.3. The summed E-state index contributed by atoms with van der Waals surface area (Å²) in [4.78, 5) is 12.3. The Morgan fingerprint density at radius 1 is 1.04 bits per heavy atom. The van der Waals surface area contributed by atoms with Crippen LogP contribution in [0, 0.1) is 20.3 Å². The number of carbonyl (C=O) groups excluding carboxylic acids is 1. The molecule has 1 N–H and O–H groups in total. The number of nitrogens with one attached hydrogen (secondary N) is 1. The highest BCUT2D eigenvalue weighted by Crippen LogP contribution is 2.18. The molecular formula is C23H23NO. The summed E-state index contributed by atoms with van der Waals surface area (Å²) < 4.78 is 0. The van der Waals surface area contributed by atoms with Crippen molar-refractivity contribution in [2.24, 2.45) is 0 Å². The predicted octanol–water partition coefficient (Wildman–Crippen LogP) is 4.65. The van der Waals surface area contributed by atoms with E-state index in [1.165, 1.54) is 16.3 Å². The van der Waals surface area contributed by atoms with Crippen molar-refractivity contribution in [2.75, 3.05) is 0 Å². The number of hydrogen-bond acceptors (Lipinski definition) is 1. The van der Waals surface area contributed by atoms with Crippen molar-refractivity contribution in [3.63, 3.8) is 0 Å². The Kier molecular flexibility index (Phi) is 5.49. The molecule has 3 aromatic rings. The molecular weight excluding hydrogens is 306 g/mol. The molecule has 25 heavy (non-hydrogen) atoms. The van der Waals surface area contributed by atoms with E-state index in [2.05, 4.69) is 49.0 Å². The fourth-order valence-corrected chi connectivity index (χ4v) is 3.01. The number of carbonyl (C=O) groups is 1. The molecule has 0 saturated heterocycles. The average Bonchev–Trinajstić information content (AvgIpc) is 2.61. The zero-order chi connectivity index (χ0) is 17.6. The van der Waals surface area contributed by atoms with Gasteiger partial charge < -0.3 is 5.32 Å². The molecule has 2 heteroatoms. The van der Waals surface area contributed by atoms with Crippen LogP contribution in [0.5, 0.6) is 0 Å². The third-order valence-corrected chi connectivity index (χ3v) is 4.27. The second kappa shape index (κ2) is 7.98. The van der Waals surface area contributed by atoms with Gasteiger partial charge in [-0.25, -0.2) is 0 Å². The maximum absolute atomic E-state index is 12.3. The Bertz CT molecular complexity index is 869. The molecule has 0 fully saturated rings. The highest BCUT2D eigenvalue weighted by molar-refractivity contribution is 5.83. The third kappa shape index (κ3) is 4.69. The van der Waals surface area contributed by atoms with Crippen LogP contribution < -0.4 is 5.32 Å². The van der Waals surface area contributed by atoms with Crippen LogP contribution >= 0.6 is 0 Å². The monoisotopic (exact) mass is 329 g/mol. The highest BCUT2D eigenvalue weighted by Gasteiger charge is 2.12. The number of benzene rings is 3. The molecule has 1 amide bonds.